The molecule has 130 valence electrons. The molecule has 0 heterocycles. The lowest BCUT2D eigenvalue weighted by Gasteiger charge is -2.15. The van der Waals surface area contributed by atoms with Gasteiger partial charge in [0.25, 0.3) is 0 Å². The molecule has 2 aromatic rings. The maximum atomic E-state index is 3.86. The second kappa shape index (κ2) is 8.85. The Morgan fingerprint density at radius 2 is 1.48 bits per heavy atom. The fourth-order valence-electron chi connectivity index (χ4n) is 4.06. The molecule has 0 fully saturated rings. The van der Waals surface area contributed by atoms with Crippen LogP contribution in [-0.4, -0.2) is 0 Å². The van der Waals surface area contributed by atoms with E-state index < -0.39 is 0 Å². The number of fused-ring (bicyclic) bond motifs is 3. The van der Waals surface area contributed by atoms with E-state index in [1.54, 1.807) is 16.7 Å². The minimum Gasteiger partial charge on any atom is -0.103 e. The van der Waals surface area contributed by atoms with Crippen LogP contribution in [-0.2, 0) is 19.3 Å². The summed E-state index contributed by atoms with van der Waals surface area (Å²) in [6.07, 6.45) is 14.9. The molecule has 0 spiro atoms. The number of rotatable bonds is 10. The van der Waals surface area contributed by atoms with Gasteiger partial charge in [-0.15, -0.1) is 13.2 Å². The quantitative estimate of drug-likeness (QED) is 0.276. The molecule has 0 saturated heterocycles. The van der Waals surface area contributed by atoms with E-state index in [0.717, 1.165) is 19.3 Å². The number of allylic oxidation sites excluding steroid dienone is 2. The van der Waals surface area contributed by atoms with Crippen molar-refractivity contribution in [3.05, 3.63) is 84.0 Å². The fraction of sp³-hybridized carbons (Fsp3) is 0.360. The number of hydrogen-bond acceptors (Lipinski definition) is 0. The molecule has 0 radical (unpaired) electrons. The average molecular weight is 331 g/mol. The fourth-order valence-corrected chi connectivity index (χ4v) is 4.06. The summed E-state index contributed by atoms with van der Waals surface area (Å²) in [5, 5.41) is 0. The minimum atomic E-state index is 1.11. The van der Waals surface area contributed by atoms with Crippen LogP contribution < -0.4 is 0 Å². The zero-order chi connectivity index (χ0) is 17.5. The summed E-state index contributed by atoms with van der Waals surface area (Å²) >= 11 is 0. The third kappa shape index (κ3) is 4.12. The van der Waals surface area contributed by atoms with Crippen molar-refractivity contribution in [3.8, 4) is 11.1 Å². The Balaban J connectivity index is 1.84. The highest BCUT2D eigenvalue weighted by molar-refractivity contribution is 5.78. The summed E-state index contributed by atoms with van der Waals surface area (Å²) in [4.78, 5) is 0. The summed E-state index contributed by atoms with van der Waals surface area (Å²) in [5.74, 6) is 0. The van der Waals surface area contributed by atoms with Crippen LogP contribution in [0.15, 0.2) is 61.7 Å². The Kier molecular flexibility index (Phi) is 6.28. The van der Waals surface area contributed by atoms with Gasteiger partial charge in [-0.1, -0.05) is 48.6 Å². The van der Waals surface area contributed by atoms with E-state index in [-0.39, 0.29) is 0 Å². The Morgan fingerprint density at radius 3 is 2.24 bits per heavy atom. The van der Waals surface area contributed by atoms with Crippen LogP contribution in [0.25, 0.3) is 11.1 Å². The van der Waals surface area contributed by atoms with Gasteiger partial charge in [-0.2, -0.15) is 0 Å². The van der Waals surface area contributed by atoms with E-state index in [1.807, 2.05) is 12.2 Å². The predicted octanol–water partition coefficient (Wildman–Crippen LogP) is 7.06. The highest BCUT2D eigenvalue weighted by atomic mass is 14.3. The largest absolute Gasteiger partial charge is 0.103 e. The van der Waals surface area contributed by atoms with Gasteiger partial charge < -0.3 is 0 Å². The Hall–Kier alpha value is -2.08. The summed E-state index contributed by atoms with van der Waals surface area (Å²) in [6, 6.07) is 13.7. The van der Waals surface area contributed by atoms with Crippen molar-refractivity contribution in [2.75, 3.05) is 0 Å². The van der Waals surface area contributed by atoms with Crippen LogP contribution in [0.2, 0.25) is 0 Å². The molecule has 2 aromatic carbocycles. The molecule has 0 aliphatic heterocycles. The van der Waals surface area contributed by atoms with Crippen LogP contribution in [0.5, 0.6) is 0 Å². The van der Waals surface area contributed by atoms with E-state index in [1.165, 1.54) is 55.2 Å². The monoisotopic (exact) mass is 330 g/mol. The van der Waals surface area contributed by atoms with E-state index >= 15 is 0 Å². The van der Waals surface area contributed by atoms with Gasteiger partial charge in [-0.25, -0.2) is 0 Å². The van der Waals surface area contributed by atoms with Gasteiger partial charge in [-0.3, -0.25) is 0 Å². The van der Waals surface area contributed by atoms with Gasteiger partial charge in [-0.05, 0) is 91.2 Å². The van der Waals surface area contributed by atoms with Crippen molar-refractivity contribution in [3.63, 3.8) is 0 Å². The van der Waals surface area contributed by atoms with Crippen molar-refractivity contribution in [1.82, 2.24) is 0 Å². The molecule has 0 bridgehead atoms. The number of benzene rings is 2. The van der Waals surface area contributed by atoms with Gasteiger partial charge in [0.15, 0.2) is 0 Å². The van der Waals surface area contributed by atoms with Gasteiger partial charge >= 0.3 is 0 Å². The second-order valence-electron chi connectivity index (χ2n) is 7.13. The van der Waals surface area contributed by atoms with E-state index in [9.17, 15) is 0 Å². The van der Waals surface area contributed by atoms with Crippen LogP contribution >= 0.6 is 0 Å². The first-order valence-electron chi connectivity index (χ1n) is 9.79. The lowest BCUT2D eigenvalue weighted by atomic mass is 9.90. The van der Waals surface area contributed by atoms with Crippen molar-refractivity contribution < 1.29 is 0 Å². The molecule has 0 atom stereocenters. The highest BCUT2D eigenvalue weighted by Crippen LogP contribution is 2.40. The van der Waals surface area contributed by atoms with Crippen molar-refractivity contribution >= 4 is 0 Å². The lowest BCUT2D eigenvalue weighted by molar-refractivity contribution is 0.716. The van der Waals surface area contributed by atoms with Gasteiger partial charge in [0.2, 0.25) is 0 Å². The van der Waals surface area contributed by atoms with E-state index in [0.29, 0.717) is 0 Å². The van der Waals surface area contributed by atoms with E-state index in [4.69, 9.17) is 0 Å². The molecular weight excluding hydrogens is 300 g/mol. The second-order valence-corrected chi connectivity index (χ2v) is 7.13. The lowest BCUT2D eigenvalue weighted by Crippen LogP contribution is -2.01. The van der Waals surface area contributed by atoms with Crippen molar-refractivity contribution in [1.29, 1.82) is 0 Å². The molecule has 0 unspecified atom stereocenters. The zero-order valence-corrected chi connectivity index (χ0v) is 15.4. The van der Waals surface area contributed by atoms with Crippen LogP contribution in [0.3, 0.4) is 0 Å². The Labute approximate surface area is 153 Å². The topological polar surface area (TPSA) is 0 Å². The van der Waals surface area contributed by atoms with Crippen LogP contribution in [0.4, 0.5) is 0 Å². The molecule has 1 aliphatic carbocycles. The first-order chi connectivity index (χ1) is 12.3. The summed E-state index contributed by atoms with van der Waals surface area (Å²) in [5.41, 5.74) is 9.23. The molecule has 0 saturated carbocycles. The van der Waals surface area contributed by atoms with Gasteiger partial charge in [0, 0.05) is 0 Å². The Bertz CT molecular complexity index is 736. The summed E-state index contributed by atoms with van der Waals surface area (Å²) in [6.45, 7) is 7.70. The first-order valence-corrected chi connectivity index (χ1v) is 9.79. The molecule has 0 amide bonds. The zero-order valence-electron chi connectivity index (χ0n) is 15.4. The molecule has 0 nitrogen and oxygen atoms in total. The summed E-state index contributed by atoms with van der Waals surface area (Å²) in [7, 11) is 0. The SMILES string of the molecule is C=CCCCCc1ccc2c(c1CCCCC=C)Cc1ccccc1-2. The molecule has 25 heavy (non-hydrogen) atoms. The molecule has 0 heteroatoms. The van der Waals surface area contributed by atoms with Gasteiger partial charge in [0.1, 0.15) is 0 Å². The molecule has 1 aliphatic rings. The highest BCUT2D eigenvalue weighted by Gasteiger charge is 2.22. The molecular formula is C25H30. The number of aryl methyl sites for hydroxylation is 1. The predicted molar refractivity (Wildman–Crippen MR) is 110 cm³/mol. The minimum absolute atomic E-state index is 1.11. The summed E-state index contributed by atoms with van der Waals surface area (Å²) < 4.78 is 0. The normalized spacial score (nSPS) is 11.8. The van der Waals surface area contributed by atoms with E-state index in [2.05, 4.69) is 49.6 Å². The maximum Gasteiger partial charge on any atom is -0.00106 e. The van der Waals surface area contributed by atoms with Crippen LogP contribution in [0, 0.1) is 0 Å². The molecule has 3 rings (SSSR count). The Morgan fingerprint density at radius 1 is 0.760 bits per heavy atom. The third-order valence-corrected chi connectivity index (χ3v) is 5.39. The van der Waals surface area contributed by atoms with Crippen molar-refractivity contribution in [2.45, 2.75) is 57.8 Å². The van der Waals surface area contributed by atoms with Gasteiger partial charge in [0.05, 0.1) is 0 Å². The number of unbranched alkanes of at least 4 members (excludes halogenated alkanes) is 4. The average Bonchev–Trinajstić information content (AvgIpc) is 3.02. The standard InChI is InChI=1S/C25H30/c1-3-5-7-9-13-20-17-18-24-23-16-12-11-14-21(23)19-25(24)22(20)15-10-8-6-4-2/h3-4,11-12,14,16-18H,1-2,5-10,13,15,19H2. The smallest absolute Gasteiger partial charge is 0.00106 e. The molecule has 0 N–H and O–H groups in total. The van der Waals surface area contributed by atoms with Crippen molar-refractivity contribution in [2.24, 2.45) is 0 Å². The number of hydrogen-bond donors (Lipinski definition) is 0. The molecule has 0 aromatic heterocycles. The maximum absolute atomic E-state index is 3.86. The first kappa shape index (κ1) is 17.7. The van der Waals surface area contributed by atoms with Crippen LogP contribution in [0.1, 0.15) is 60.8 Å². The third-order valence-electron chi connectivity index (χ3n) is 5.39.